The molecule has 0 heterocycles. The summed E-state index contributed by atoms with van der Waals surface area (Å²) in [4.78, 5) is 13.7. The number of esters is 1. The second kappa shape index (κ2) is 10.6. The van der Waals surface area contributed by atoms with Crippen LogP contribution in [0.4, 0.5) is 0 Å². The van der Waals surface area contributed by atoms with Crippen LogP contribution in [0.3, 0.4) is 0 Å². The SMILES string of the molecule is CCN(CC)CCOC(=O)CCCCC(C)C. The van der Waals surface area contributed by atoms with Crippen molar-refractivity contribution in [1.82, 2.24) is 4.90 Å². The first-order valence-corrected chi connectivity index (χ1v) is 6.98. The van der Waals surface area contributed by atoms with E-state index in [1.807, 2.05) is 0 Å². The zero-order valence-corrected chi connectivity index (χ0v) is 12.0. The molecule has 0 spiro atoms. The first kappa shape index (κ1) is 16.4. The molecule has 0 saturated carbocycles. The summed E-state index contributed by atoms with van der Waals surface area (Å²) in [5.41, 5.74) is 0. The minimum absolute atomic E-state index is 0.0408. The van der Waals surface area contributed by atoms with Crippen molar-refractivity contribution >= 4 is 5.97 Å². The van der Waals surface area contributed by atoms with Crippen LogP contribution in [-0.2, 0) is 9.53 Å². The smallest absolute Gasteiger partial charge is 0.305 e. The van der Waals surface area contributed by atoms with Gasteiger partial charge in [0.25, 0.3) is 0 Å². The van der Waals surface area contributed by atoms with Crippen molar-refractivity contribution in [1.29, 1.82) is 0 Å². The van der Waals surface area contributed by atoms with Gasteiger partial charge in [-0.15, -0.1) is 0 Å². The first-order chi connectivity index (χ1) is 8.10. The Kier molecular flexibility index (Phi) is 10.2. The van der Waals surface area contributed by atoms with Gasteiger partial charge in [-0.1, -0.05) is 40.5 Å². The van der Waals surface area contributed by atoms with Crippen LogP contribution in [0, 0.1) is 5.92 Å². The number of ether oxygens (including phenoxy) is 1. The molecule has 0 aliphatic heterocycles. The zero-order chi connectivity index (χ0) is 13.1. The fourth-order valence-electron chi connectivity index (χ4n) is 1.72. The van der Waals surface area contributed by atoms with Crippen molar-refractivity contribution in [2.75, 3.05) is 26.2 Å². The second-order valence-corrected chi connectivity index (χ2v) is 4.89. The van der Waals surface area contributed by atoms with Gasteiger partial charge in [0.1, 0.15) is 6.61 Å². The summed E-state index contributed by atoms with van der Waals surface area (Å²) in [6.45, 7) is 12.1. The minimum atomic E-state index is -0.0408. The topological polar surface area (TPSA) is 29.5 Å². The molecule has 0 fully saturated rings. The molecule has 0 saturated heterocycles. The van der Waals surface area contributed by atoms with Crippen LogP contribution in [-0.4, -0.2) is 37.1 Å². The number of carbonyl (C=O) groups is 1. The third-order valence-corrected chi connectivity index (χ3v) is 2.98. The standard InChI is InChI=1S/C14H29NO2/c1-5-15(6-2)11-12-17-14(16)10-8-7-9-13(3)4/h13H,5-12H2,1-4H3. The average Bonchev–Trinajstić information content (AvgIpc) is 2.30. The van der Waals surface area contributed by atoms with Crippen LogP contribution >= 0.6 is 0 Å². The van der Waals surface area contributed by atoms with E-state index in [0.29, 0.717) is 13.0 Å². The molecule has 0 aliphatic carbocycles. The van der Waals surface area contributed by atoms with Crippen molar-refractivity contribution in [3.8, 4) is 0 Å². The molecule has 0 rings (SSSR count). The number of hydrogen-bond donors (Lipinski definition) is 0. The maximum atomic E-state index is 11.4. The molecular formula is C14H29NO2. The number of unbranched alkanes of at least 4 members (excludes halogenated alkanes) is 1. The van der Waals surface area contributed by atoms with Gasteiger partial charge >= 0.3 is 5.97 Å². The van der Waals surface area contributed by atoms with Gasteiger partial charge in [-0.3, -0.25) is 4.79 Å². The van der Waals surface area contributed by atoms with E-state index in [0.717, 1.165) is 38.4 Å². The monoisotopic (exact) mass is 243 g/mol. The van der Waals surface area contributed by atoms with E-state index >= 15 is 0 Å². The number of hydrogen-bond acceptors (Lipinski definition) is 3. The van der Waals surface area contributed by atoms with Gasteiger partial charge in [-0.05, 0) is 25.4 Å². The summed E-state index contributed by atoms with van der Waals surface area (Å²) in [6.07, 6.45) is 3.86. The molecule has 0 aromatic heterocycles. The highest BCUT2D eigenvalue weighted by atomic mass is 16.5. The molecule has 17 heavy (non-hydrogen) atoms. The molecule has 3 heteroatoms. The van der Waals surface area contributed by atoms with Crippen molar-refractivity contribution in [2.45, 2.75) is 53.4 Å². The van der Waals surface area contributed by atoms with Crippen molar-refractivity contribution in [2.24, 2.45) is 5.92 Å². The highest BCUT2D eigenvalue weighted by Gasteiger charge is 2.04. The highest BCUT2D eigenvalue weighted by Crippen LogP contribution is 2.08. The predicted octanol–water partition coefficient (Wildman–Crippen LogP) is 3.09. The maximum Gasteiger partial charge on any atom is 0.305 e. The summed E-state index contributed by atoms with van der Waals surface area (Å²) in [5.74, 6) is 0.689. The van der Waals surface area contributed by atoms with Crippen LogP contribution in [0.5, 0.6) is 0 Å². The third kappa shape index (κ3) is 10.3. The van der Waals surface area contributed by atoms with Crippen LogP contribution in [0.1, 0.15) is 53.4 Å². The zero-order valence-electron chi connectivity index (χ0n) is 12.0. The van der Waals surface area contributed by atoms with Gasteiger partial charge in [0, 0.05) is 13.0 Å². The largest absolute Gasteiger partial charge is 0.464 e. The molecule has 0 aromatic carbocycles. The molecule has 102 valence electrons. The lowest BCUT2D eigenvalue weighted by atomic mass is 10.1. The van der Waals surface area contributed by atoms with Crippen LogP contribution in [0.25, 0.3) is 0 Å². The lowest BCUT2D eigenvalue weighted by Gasteiger charge is -2.17. The van der Waals surface area contributed by atoms with E-state index in [2.05, 4.69) is 32.6 Å². The highest BCUT2D eigenvalue weighted by molar-refractivity contribution is 5.69. The number of likely N-dealkylation sites (N-methyl/N-ethyl adjacent to an activating group) is 1. The van der Waals surface area contributed by atoms with Crippen LogP contribution in [0.15, 0.2) is 0 Å². The molecule has 0 atom stereocenters. The van der Waals surface area contributed by atoms with Gasteiger partial charge in [-0.2, -0.15) is 0 Å². The van der Waals surface area contributed by atoms with Gasteiger partial charge in [0.05, 0.1) is 0 Å². The second-order valence-electron chi connectivity index (χ2n) is 4.89. The summed E-state index contributed by atoms with van der Waals surface area (Å²) < 4.78 is 5.20. The third-order valence-electron chi connectivity index (χ3n) is 2.98. The molecular weight excluding hydrogens is 214 g/mol. The van der Waals surface area contributed by atoms with E-state index in [1.165, 1.54) is 6.42 Å². The Bertz CT molecular complexity index is 189. The van der Waals surface area contributed by atoms with Gasteiger partial charge < -0.3 is 9.64 Å². The molecule has 0 bridgehead atoms. The van der Waals surface area contributed by atoms with E-state index < -0.39 is 0 Å². The van der Waals surface area contributed by atoms with E-state index in [-0.39, 0.29) is 5.97 Å². The molecule has 0 amide bonds. The summed E-state index contributed by atoms with van der Waals surface area (Å²) in [7, 11) is 0. The average molecular weight is 243 g/mol. The predicted molar refractivity (Wildman–Crippen MR) is 72.1 cm³/mol. The molecule has 0 aliphatic rings. The Morgan fingerprint density at radius 1 is 1.18 bits per heavy atom. The van der Waals surface area contributed by atoms with Crippen LogP contribution < -0.4 is 0 Å². The van der Waals surface area contributed by atoms with Crippen molar-refractivity contribution < 1.29 is 9.53 Å². The Balaban J connectivity index is 3.40. The van der Waals surface area contributed by atoms with Gasteiger partial charge in [0.15, 0.2) is 0 Å². The van der Waals surface area contributed by atoms with Gasteiger partial charge in [0.2, 0.25) is 0 Å². The number of rotatable bonds is 10. The summed E-state index contributed by atoms with van der Waals surface area (Å²) in [6, 6.07) is 0. The molecule has 0 unspecified atom stereocenters. The minimum Gasteiger partial charge on any atom is -0.464 e. The quantitative estimate of drug-likeness (QED) is 0.436. The fourth-order valence-corrected chi connectivity index (χ4v) is 1.72. The first-order valence-electron chi connectivity index (χ1n) is 6.98. The normalized spacial score (nSPS) is 11.2. The lowest BCUT2D eigenvalue weighted by molar-refractivity contribution is -0.144. The Morgan fingerprint density at radius 3 is 2.35 bits per heavy atom. The van der Waals surface area contributed by atoms with E-state index in [9.17, 15) is 4.79 Å². The van der Waals surface area contributed by atoms with Crippen molar-refractivity contribution in [3.63, 3.8) is 0 Å². The summed E-state index contributed by atoms with van der Waals surface area (Å²) >= 11 is 0. The van der Waals surface area contributed by atoms with Crippen LogP contribution in [0.2, 0.25) is 0 Å². The molecule has 0 aromatic rings. The molecule has 0 radical (unpaired) electrons. The Morgan fingerprint density at radius 2 is 1.82 bits per heavy atom. The molecule has 3 nitrogen and oxygen atoms in total. The van der Waals surface area contributed by atoms with Gasteiger partial charge in [-0.25, -0.2) is 0 Å². The lowest BCUT2D eigenvalue weighted by Crippen LogP contribution is -2.27. The van der Waals surface area contributed by atoms with E-state index in [4.69, 9.17) is 4.74 Å². The summed E-state index contributed by atoms with van der Waals surface area (Å²) in [5, 5.41) is 0. The molecule has 0 N–H and O–H groups in total. The van der Waals surface area contributed by atoms with E-state index in [1.54, 1.807) is 0 Å². The number of carbonyl (C=O) groups excluding carboxylic acids is 1. The maximum absolute atomic E-state index is 11.4. The Labute approximate surface area is 107 Å². The number of nitrogens with zero attached hydrogens (tertiary/aromatic N) is 1. The van der Waals surface area contributed by atoms with Crippen molar-refractivity contribution in [3.05, 3.63) is 0 Å². The fraction of sp³-hybridized carbons (Fsp3) is 0.929. The Hall–Kier alpha value is -0.570.